The van der Waals surface area contributed by atoms with E-state index in [2.05, 4.69) is 5.32 Å². The first-order valence-corrected chi connectivity index (χ1v) is 4.91. The number of carbonyl (C=O) groups excluding carboxylic acids is 2. The monoisotopic (exact) mass is 185 g/mol. The molecule has 0 saturated heterocycles. The maximum atomic E-state index is 11.5. The van der Waals surface area contributed by atoms with E-state index in [1.54, 1.807) is 0 Å². The Hall–Kier alpha value is -0.860. The molecule has 0 aromatic rings. The molecule has 0 aliphatic carbocycles. The molecule has 0 aromatic heterocycles. The fourth-order valence-corrected chi connectivity index (χ4v) is 1.27. The number of hydrogen-bond acceptors (Lipinski definition) is 2. The highest BCUT2D eigenvalue weighted by Gasteiger charge is 2.16. The molecule has 0 rings (SSSR count). The Labute approximate surface area is 79.9 Å². The Kier molecular flexibility index (Phi) is 6.20. The molecule has 0 aliphatic heterocycles. The van der Waals surface area contributed by atoms with Crippen molar-refractivity contribution >= 4 is 11.7 Å². The molecule has 1 amide bonds. The van der Waals surface area contributed by atoms with Crippen LogP contribution in [0, 0.1) is 0 Å². The predicted molar refractivity (Wildman–Crippen MR) is 52.4 cm³/mol. The Morgan fingerprint density at radius 1 is 1.23 bits per heavy atom. The summed E-state index contributed by atoms with van der Waals surface area (Å²) in [4.78, 5) is 22.2. The quantitative estimate of drug-likeness (QED) is 0.684. The minimum atomic E-state index is -0.262. The number of amides is 1. The van der Waals surface area contributed by atoms with E-state index in [1.165, 1.54) is 6.92 Å². The van der Waals surface area contributed by atoms with Crippen LogP contribution >= 0.6 is 0 Å². The van der Waals surface area contributed by atoms with Crippen molar-refractivity contribution in [3.8, 4) is 0 Å². The molecular weight excluding hydrogens is 166 g/mol. The molecule has 0 fully saturated rings. The molecule has 0 radical (unpaired) electrons. The van der Waals surface area contributed by atoms with Crippen molar-refractivity contribution in [2.24, 2.45) is 0 Å². The maximum absolute atomic E-state index is 11.5. The van der Waals surface area contributed by atoms with Gasteiger partial charge < -0.3 is 5.32 Å². The van der Waals surface area contributed by atoms with Crippen LogP contribution in [0.4, 0.5) is 0 Å². The molecule has 0 unspecified atom stereocenters. The number of hydrogen-bond donors (Lipinski definition) is 1. The normalized spacial score (nSPS) is 12.2. The van der Waals surface area contributed by atoms with Crippen LogP contribution in [-0.4, -0.2) is 17.7 Å². The number of carbonyl (C=O) groups is 2. The summed E-state index contributed by atoms with van der Waals surface area (Å²) in [7, 11) is 0. The van der Waals surface area contributed by atoms with Gasteiger partial charge in [-0.2, -0.15) is 0 Å². The van der Waals surface area contributed by atoms with Crippen molar-refractivity contribution in [1.29, 1.82) is 0 Å². The van der Waals surface area contributed by atoms with Crippen LogP contribution < -0.4 is 5.32 Å². The standard InChI is InChI=1S/C10H19NO2/c1-4-6-9(11-8(3)12)10(13)7-5-2/h9H,4-7H2,1-3H3,(H,11,12)/t9-/m1/s1. The lowest BCUT2D eigenvalue weighted by atomic mass is 10.0. The molecule has 3 heteroatoms. The predicted octanol–water partition coefficient (Wildman–Crippen LogP) is 1.66. The van der Waals surface area contributed by atoms with E-state index >= 15 is 0 Å². The lowest BCUT2D eigenvalue weighted by Gasteiger charge is -2.15. The van der Waals surface area contributed by atoms with E-state index in [4.69, 9.17) is 0 Å². The topological polar surface area (TPSA) is 46.2 Å². The van der Waals surface area contributed by atoms with Crippen LogP contribution in [0.25, 0.3) is 0 Å². The highest BCUT2D eigenvalue weighted by atomic mass is 16.2. The molecular formula is C10H19NO2. The second-order valence-electron chi connectivity index (χ2n) is 3.26. The van der Waals surface area contributed by atoms with Crippen molar-refractivity contribution < 1.29 is 9.59 Å². The second kappa shape index (κ2) is 6.63. The molecule has 3 nitrogen and oxygen atoms in total. The molecule has 1 N–H and O–H groups in total. The second-order valence-corrected chi connectivity index (χ2v) is 3.26. The summed E-state index contributed by atoms with van der Waals surface area (Å²) in [6.45, 7) is 5.42. The number of ketones is 1. The van der Waals surface area contributed by atoms with Crippen LogP contribution in [-0.2, 0) is 9.59 Å². The Balaban J connectivity index is 4.06. The van der Waals surface area contributed by atoms with Crippen LogP contribution in [0.1, 0.15) is 46.5 Å². The van der Waals surface area contributed by atoms with Gasteiger partial charge >= 0.3 is 0 Å². The summed E-state index contributed by atoms with van der Waals surface area (Å²) < 4.78 is 0. The van der Waals surface area contributed by atoms with E-state index in [1.807, 2.05) is 13.8 Å². The lowest BCUT2D eigenvalue weighted by Crippen LogP contribution is -2.39. The van der Waals surface area contributed by atoms with Crippen LogP contribution in [0.5, 0.6) is 0 Å². The van der Waals surface area contributed by atoms with Gasteiger partial charge in [0, 0.05) is 13.3 Å². The SMILES string of the molecule is CCCC(=O)[C@@H](CCC)NC(C)=O. The molecule has 0 spiro atoms. The number of nitrogens with one attached hydrogen (secondary N) is 1. The Morgan fingerprint density at radius 2 is 1.85 bits per heavy atom. The molecule has 0 saturated carbocycles. The van der Waals surface area contributed by atoms with Crippen LogP contribution in [0.15, 0.2) is 0 Å². The highest BCUT2D eigenvalue weighted by Crippen LogP contribution is 2.02. The zero-order valence-corrected chi connectivity index (χ0v) is 8.72. The lowest BCUT2D eigenvalue weighted by molar-refractivity contribution is -0.126. The van der Waals surface area contributed by atoms with Crippen LogP contribution in [0.2, 0.25) is 0 Å². The molecule has 0 aromatic carbocycles. The zero-order valence-electron chi connectivity index (χ0n) is 8.72. The van der Waals surface area contributed by atoms with Crippen molar-refractivity contribution in [3.63, 3.8) is 0 Å². The van der Waals surface area contributed by atoms with Gasteiger partial charge in [0.2, 0.25) is 5.91 Å². The third-order valence-electron chi connectivity index (χ3n) is 1.84. The maximum Gasteiger partial charge on any atom is 0.217 e. The van der Waals surface area contributed by atoms with Gasteiger partial charge in [0.1, 0.15) is 0 Å². The van der Waals surface area contributed by atoms with Crippen LogP contribution in [0.3, 0.4) is 0 Å². The van der Waals surface area contributed by atoms with Gasteiger partial charge in [0.25, 0.3) is 0 Å². The average molecular weight is 185 g/mol. The molecule has 76 valence electrons. The molecule has 13 heavy (non-hydrogen) atoms. The molecule has 0 aliphatic rings. The minimum Gasteiger partial charge on any atom is -0.347 e. The smallest absolute Gasteiger partial charge is 0.217 e. The molecule has 0 heterocycles. The van der Waals surface area contributed by atoms with Crippen molar-refractivity contribution in [2.45, 2.75) is 52.5 Å². The highest BCUT2D eigenvalue weighted by molar-refractivity contribution is 5.88. The Morgan fingerprint density at radius 3 is 2.23 bits per heavy atom. The first-order chi connectivity index (χ1) is 6.11. The van der Waals surface area contributed by atoms with Gasteiger partial charge in [0.15, 0.2) is 5.78 Å². The summed E-state index contributed by atoms with van der Waals surface area (Å²) in [5, 5.41) is 2.68. The first-order valence-electron chi connectivity index (χ1n) is 4.91. The van der Waals surface area contributed by atoms with Gasteiger partial charge in [-0.3, -0.25) is 9.59 Å². The summed E-state index contributed by atoms with van der Waals surface area (Å²) in [5.41, 5.74) is 0. The van der Waals surface area contributed by atoms with Crippen molar-refractivity contribution in [3.05, 3.63) is 0 Å². The first kappa shape index (κ1) is 12.1. The summed E-state index contributed by atoms with van der Waals surface area (Å²) in [6, 6.07) is -0.262. The largest absolute Gasteiger partial charge is 0.347 e. The van der Waals surface area contributed by atoms with E-state index in [9.17, 15) is 9.59 Å². The summed E-state index contributed by atoms with van der Waals surface area (Å²) in [6.07, 6.45) is 3.07. The van der Waals surface area contributed by atoms with Crippen molar-refractivity contribution in [2.75, 3.05) is 0 Å². The van der Waals surface area contributed by atoms with Gasteiger partial charge in [0.05, 0.1) is 6.04 Å². The zero-order chi connectivity index (χ0) is 10.3. The Bertz CT molecular complexity index is 178. The van der Waals surface area contributed by atoms with Gasteiger partial charge in [-0.25, -0.2) is 0 Å². The van der Waals surface area contributed by atoms with Gasteiger partial charge in [-0.05, 0) is 12.8 Å². The minimum absolute atomic E-state index is 0.122. The summed E-state index contributed by atoms with van der Waals surface area (Å²) >= 11 is 0. The molecule has 0 bridgehead atoms. The van der Waals surface area contributed by atoms with E-state index in [0.717, 1.165) is 19.3 Å². The van der Waals surface area contributed by atoms with E-state index in [0.29, 0.717) is 6.42 Å². The van der Waals surface area contributed by atoms with E-state index in [-0.39, 0.29) is 17.7 Å². The molecule has 1 atom stereocenters. The van der Waals surface area contributed by atoms with Gasteiger partial charge in [-0.1, -0.05) is 20.3 Å². The fraction of sp³-hybridized carbons (Fsp3) is 0.800. The third-order valence-corrected chi connectivity index (χ3v) is 1.84. The third kappa shape index (κ3) is 5.39. The average Bonchev–Trinajstić information content (AvgIpc) is 2.03. The van der Waals surface area contributed by atoms with Gasteiger partial charge in [-0.15, -0.1) is 0 Å². The number of rotatable bonds is 6. The number of Topliss-reactive ketones (excluding diaryl/α,β-unsaturated/α-hetero) is 1. The summed E-state index contributed by atoms with van der Waals surface area (Å²) in [5.74, 6) is 0.0300. The fourth-order valence-electron chi connectivity index (χ4n) is 1.27. The van der Waals surface area contributed by atoms with E-state index < -0.39 is 0 Å². The van der Waals surface area contributed by atoms with Crippen molar-refractivity contribution in [1.82, 2.24) is 5.32 Å².